The summed E-state index contributed by atoms with van der Waals surface area (Å²) < 4.78 is 80.4. The lowest BCUT2D eigenvalue weighted by atomic mass is 10.0. The number of rotatable bonds is 13. The first-order valence-corrected chi connectivity index (χ1v) is 15.5. The highest BCUT2D eigenvalue weighted by Gasteiger charge is 2.33. The molecule has 3 aromatic rings. The van der Waals surface area contributed by atoms with E-state index in [2.05, 4.69) is 5.32 Å². The van der Waals surface area contributed by atoms with E-state index in [1.807, 2.05) is 6.07 Å². The van der Waals surface area contributed by atoms with E-state index >= 15 is 0 Å². The van der Waals surface area contributed by atoms with Crippen LogP contribution in [0.1, 0.15) is 43.4 Å². The maximum absolute atomic E-state index is 14.7. The summed E-state index contributed by atoms with van der Waals surface area (Å²) in [6.45, 7) is 3.03. The average Bonchev–Trinajstić information content (AvgIpc) is 2.93. The molecule has 232 valence electrons. The predicted molar refractivity (Wildman–Crippen MR) is 157 cm³/mol. The second-order valence-corrected chi connectivity index (χ2v) is 12.4. The maximum Gasteiger partial charge on any atom is 0.416 e. The first-order valence-electron chi connectivity index (χ1n) is 13.7. The summed E-state index contributed by atoms with van der Waals surface area (Å²) in [5.74, 6) is -1.54. The second-order valence-electron chi connectivity index (χ2n) is 10.5. The van der Waals surface area contributed by atoms with Crippen molar-refractivity contribution in [2.45, 2.75) is 57.9 Å². The summed E-state index contributed by atoms with van der Waals surface area (Å²) in [7, 11) is -4.01. The molecule has 0 spiro atoms. The van der Waals surface area contributed by atoms with E-state index in [1.165, 1.54) is 29.2 Å². The third-order valence-corrected chi connectivity index (χ3v) is 7.81. The van der Waals surface area contributed by atoms with Crippen LogP contribution in [0.2, 0.25) is 0 Å². The summed E-state index contributed by atoms with van der Waals surface area (Å²) in [5.41, 5.74) is -0.240. The number of hydrogen-bond acceptors (Lipinski definition) is 4. The first-order chi connectivity index (χ1) is 20.2. The highest BCUT2D eigenvalue weighted by Crippen LogP contribution is 2.32. The van der Waals surface area contributed by atoms with Crippen molar-refractivity contribution < 1.29 is 35.6 Å². The van der Waals surface area contributed by atoms with Crippen LogP contribution in [0.4, 0.5) is 23.2 Å². The number of amides is 2. The molecular formula is C31H35F4N3O4S. The Hall–Kier alpha value is -3.93. The number of carbonyl (C=O) groups is 2. The minimum atomic E-state index is -4.67. The van der Waals surface area contributed by atoms with Gasteiger partial charge in [0.05, 0.1) is 17.5 Å². The Morgan fingerprint density at radius 3 is 2.19 bits per heavy atom. The molecule has 1 atom stereocenters. The van der Waals surface area contributed by atoms with Crippen molar-refractivity contribution in [1.29, 1.82) is 0 Å². The molecule has 0 unspecified atom stereocenters. The molecule has 43 heavy (non-hydrogen) atoms. The van der Waals surface area contributed by atoms with Crippen LogP contribution in [0.15, 0.2) is 78.9 Å². The van der Waals surface area contributed by atoms with Crippen LogP contribution in [0.3, 0.4) is 0 Å². The van der Waals surface area contributed by atoms with Crippen LogP contribution < -0.4 is 9.62 Å². The van der Waals surface area contributed by atoms with E-state index in [1.54, 1.807) is 44.2 Å². The molecule has 0 aromatic heterocycles. The molecule has 0 radical (unpaired) electrons. The Morgan fingerprint density at radius 1 is 0.930 bits per heavy atom. The van der Waals surface area contributed by atoms with Crippen molar-refractivity contribution in [3.63, 3.8) is 0 Å². The van der Waals surface area contributed by atoms with E-state index in [9.17, 15) is 35.6 Å². The Balaban J connectivity index is 1.90. The van der Waals surface area contributed by atoms with E-state index in [0.29, 0.717) is 0 Å². The Labute approximate surface area is 249 Å². The van der Waals surface area contributed by atoms with Gasteiger partial charge in [0.2, 0.25) is 21.8 Å². The molecule has 1 N–H and O–H groups in total. The fraction of sp³-hybridized carbons (Fsp3) is 0.355. The molecule has 0 fully saturated rings. The third kappa shape index (κ3) is 9.81. The lowest BCUT2D eigenvalue weighted by molar-refractivity contribution is -0.141. The highest BCUT2D eigenvalue weighted by molar-refractivity contribution is 7.92. The molecule has 0 aliphatic carbocycles. The van der Waals surface area contributed by atoms with Gasteiger partial charge in [0.15, 0.2) is 0 Å². The van der Waals surface area contributed by atoms with Crippen molar-refractivity contribution in [2.24, 2.45) is 0 Å². The Morgan fingerprint density at radius 2 is 1.58 bits per heavy atom. The first kappa shape index (κ1) is 33.6. The fourth-order valence-corrected chi connectivity index (χ4v) is 5.54. The molecule has 2 amide bonds. The molecule has 0 aliphatic heterocycles. The summed E-state index contributed by atoms with van der Waals surface area (Å²) in [4.78, 5) is 28.4. The highest BCUT2D eigenvalue weighted by atomic mass is 32.2. The lowest BCUT2D eigenvalue weighted by Crippen LogP contribution is -2.52. The van der Waals surface area contributed by atoms with E-state index in [0.717, 1.165) is 34.3 Å². The van der Waals surface area contributed by atoms with E-state index < -0.39 is 45.4 Å². The number of alkyl halides is 3. The van der Waals surface area contributed by atoms with Crippen molar-refractivity contribution in [3.05, 3.63) is 101 Å². The lowest BCUT2D eigenvalue weighted by Gasteiger charge is -2.32. The van der Waals surface area contributed by atoms with E-state index in [-0.39, 0.29) is 49.6 Å². The predicted octanol–water partition coefficient (Wildman–Crippen LogP) is 5.56. The smallest absolute Gasteiger partial charge is 0.352 e. The van der Waals surface area contributed by atoms with Crippen LogP contribution in [0, 0.1) is 5.82 Å². The van der Waals surface area contributed by atoms with Gasteiger partial charge >= 0.3 is 6.18 Å². The van der Waals surface area contributed by atoms with Gasteiger partial charge in [-0.25, -0.2) is 12.8 Å². The van der Waals surface area contributed by atoms with Gasteiger partial charge in [0, 0.05) is 37.5 Å². The van der Waals surface area contributed by atoms with Gasteiger partial charge in [-0.1, -0.05) is 54.6 Å². The summed E-state index contributed by atoms with van der Waals surface area (Å²) in [6, 6.07) is 17.5. The second kappa shape index (κ2) is 14.5. The zero-order chi connectivity index (χ0) is 31.8. The van der Waals surface area contributed by atoms with Gasteiger partial charge in [0.25, 0.3) is 0 Å². The Kier molecular flexibility index (Phi) is 11.3. The number of anilines is 1. The molecule has 3 aromatic carbocycles. The molecule has 0 saturated heterocycles. The average molecular weight is 622 g/mol. The molecule has 0 heterocycles. The summed E-state index contributed by atoms with van der Waals surface area (Å²) in [6.07, 6.45) is -3.99. The van der Waals surface area contributed by atoms with Gasteiger partial charge in [-0.3, -0.25) is 13.9 Å². The van der Waals surface area contributed by atoms with Crippen molar-refractivity contribution in [1.82, 2.24) is 10.2 Å². The van der Waals surface area contributed by atoms with Gasteiger partial charge in [-0.15, -0.1) is 0 Å². The maximum atomic E-state index is 14.7. The molecular weight excluding hydrogens is 586 g/mol. The van der Waals surface area contributed by atoms with E-state index in [4.69, 9.17) is 0 Å². The van der Waals surface area contributed by atoms with Crippen molar-refractivity contribution >= 4 is 27.5 Å². The topological polar surface area (TPSA) is 86.8 Å². The number of sulfonamides is 1. The fourth-order valence-electron chi connectivity index (χ4n) is 4.59. The van der Waals surface area contributed by atoms with Crippen molar-refractivity contribution in [2.75, 3.05) is 17.1 Å². The van der Waals surface area contributed by atoms with Crippen LogP contribution in [0.5, 0.6) is 0 Å². The molecule has 0 saturated carbocycles. The number of hydrogen-bond donors (Lipinski definition) is 1. The summed E-state index contributed by atoms with van der Waals surface area (Å²) >= 11 is 0. The minimum Gasteiger partial charge on any atom is -0.352 e. The zero-order valence-electron chi connectivity index (χ0n) is 24.1. The number of nitrogens with one attached hydrogen (secondary N) is 1. The molecule has 0 bridgehead atoms. The van der Waals surface area contributed by atoms with Crippen LogP contribution in [-0.4, -0.2) is 50.0 Å². The number of halogens is 4. The van der Waals surface area contributed by atoms with Gasteiger partial charge in [0.1, 0.15) is 11.9 Å². The largest absolute Gasteiger partial charge is 0.416 e. The minimum absolute atomic E-state index is 0.0697. The Bertz CT molecular complexity index is 1500. The van der Waals surface area contributed by atoms with Gasteiger partial charge < -0.3 is 10.2 Å². The number of benzene rings is 3. The summed E-state index contributed by atoms with van der Waals surface area (Å²) in [5, 5.41) is 2.83. The van der Waals surface area contributed by atoms with Gasteiger partial charge in [-0.2, -0.15) is 13.2 Å². The molecule has 3 rings (SSSR count). The number of nitrogens with zero attached hydrogens (tertiary/aromatic N) is 2. The van der Waals surface area contributed by atoms with Crippen LogP contribution >= 0.6 is 0 Å². The normalized spacial score (nSPS) is 12.6. The zero-order valence-corrected chi connectivity index (χ0v) is 25.0. The van der Waals surface area contributed by atoms with Gasteiger partial charge in [-0.05, 0) is 50.1 Å². The standard InChI is InChI=1S/C31H35F4N3O4S/c1-22(2)36-30(40)28(19-23-11-5-4-6-12-23)37(21-24-13-7-8-16-27(24)32)29(39)17-10-18-38(43(3,41)42)26-15-9-14-25(20-26)31(33,34)35/h4-9,11-16,20,22,28H,10,17-19,21H2,1-3H3,(H,36,40)/t28-/m1/s1. The monoisotopic (exact) mass is 621 g/mol. The van der Waals surface area contributed by atoms with Crippen LogP contribution in [-0.2, 0) is 38.8 Å². The molecule has 0 aliphatic rings. The van der Waals surface area contributed by atoms with Crippen LogP contribution in [0.25, 0.3) is 0 Å². The quantitative estimate of drug-likeness (QED) is 0.254. The van der Waals surface area contributed by atoms with Crippen molar-refractivity contribution in [3.8, 4) is 0 Å². The SMILES string of the molecule is CC(C)NC(=O)[C@@H](Cc1ccccc1)N(Cc1ccccc1F)C(=O)CCCN(c1cccc(C(F)(F)F)c1)S(C)(=O)=O. The molecule has 12 heteroatoms. The molecule has 7 nitrogen and oxygen atoms in total. The third-order valence-electron chi connectivity index (χ3n) is 6.61. The number of carbonyl (C=O) groups excluding carboxylic acids is 2.